The number of carbonyl (C=O) groups excluding carboxylic acids is 1. The Hall–Kier alpha value is -0.540. The molecule has 0 fully saturated rings. The Labute approximate surface area is 232 Å². The van der Waals surface area contributed by atoms with E-state index < -0.39 is 13.9 Å². The molecule has 0 aromatic carbocycles. The van der Waals surface area contributed by atoms with Crippen molar-refractivity contribution < 1.29 is 37.5 Å². The van der Waals surface area contributed by atoms with Gasteiger partial charge in [-0.2, -0.15) is 0 Å². The Morgan fingerprint density at radius 2 is 1.26 bits per heavy atom. The van der Waals surface area contributed by atoms with E-state index in [9.17, 15) is 14.3 Å². The van der Waals surface area contributed by atoms with E-state index in [-0.39, 0.29) is 32.3 Å². The lowest BCUT2D eigenvalue weighted by Gasteiger charge is -2.20. The maximum atomic E-state index is 11.9. The second-order valence-electron chi connectivity index (χ2n) is 9.94. The van der Waals surface area contributed by atoms with Crippen molar-refractivity contribution >= 4 is 13.8 Å². The summed E-state index contributed by atoms with van der Waals surface area (Å²) in [5, 5.41) is 0. The Morgan fingerprint density at radius 1 is 0.737 bits per heavy atom. The number of phosphoric ester groups is 1. The van der Waals surface area contributed by atoms with E-state index in [0.29, 0.717) is 32.5 Å². The molecule has 9 nitrogen and oxygen atoms in total. The molecule has 0 aromatic heterocycles. The molecule has 2 unspecified atom stereocenters. The minimum atomic E-state index is -4.18. The van der Waals surface area contributed by atoms with Crippen LogP contribution >= 0.6 is 7.82 Å². The minimum absolute atomic E-state index is 0.0669. The molecule has 0 saturated carbocycles. The lowest BCUT2D eigenvalue weighted by atomic mass is 10.0. The van der Waals surface area contributed by atoms with Crippen LogP contribution in [-0.2, 0) is 32.6 Å². The highest BCUT2D eigenvalue weighted by Gasteiger charge is 2.23. The summed E-state index contributed by atoms with van der Waals surface area (Å²) in [5.74, 6) is -0.255. The van der Waals surface area contributed by atoms with Crippen LogP contribution in [0.15, 0.2) is 0 Å². The number of hydrogen-bond donors (Lipinski definition) is 2. The first-order chi connectivity index (χ1) is 18.4. The largest absolute Gasteiger partial charge is 0.472 e. The number of unbranched alkanes of at least 4 members (excludes halogenated alkanes) is 15. The lowest BCUT2D eigenvalue weighted by Crippen LogP contribution is -2.26. The highest BCUT2D eigenvalue weighted by atomic mass is 31.2. The molecule has 0 spiro atoms. The van der Waals surface area contributed by atoms with Crippen LogP contribution in [0.4, 0.5) is 0 Å². The van der Waals surface area contributed by atoms with Crippen LogP contribution in [0.1, 0.15) is 122 Å². The maximum Gasteiger partial charge on any atom is 0.472 e. The molecule has 38 heavy (non-hydrogen) atoms. The molecule has 0 saturated heterocycles. The molecule has 10 heteroatoms. The van der Waals surface area contributed by atoms with Crippen molar-refractivity contribution in [2.45, 2.75) is 129 Å². The highest BCUT2D eigenvalue weighted by Crippen LogP contribution is 2.43. The van der Waals surface area contributed by atoms with E-state index in [1.807, 2.05) is 0 Å². The molecule has 0 aliphatic heterocycles. The quantitative estimate of drug-likeness (QED) is 0.0554. The second-order valence-corrected chi connectivity index (χ2v) is 11.4. The molecule has 0 bridgehead atoms. The van der Waals surface area contributed by atoms with Crippen molar-refractivity contribution in [2.75, 3.05) is 46.7 Å². The summed E-state index contributed by atoms with van der Waals surface area (Å²) >= 11 is 0. The van der Waals surface area contributed by atoms with Crippen LogP contribution in [0, 0.1) is 0 Å². The number of phosphoric acid groups is 1. The van der Waals surface area contributed by atoms with Crippen molar-refractivity contribution in [3.63, 3.8) is 0 Å². The third-order valence-electron chi connectivity index (χ3n) is 6.35. The maximum absolute atomic E-state index is 11.9. The molecular weight excluding hydrogens is 509 g/mol. The third kappa shape index (κ3) is 27.0. The van der Waals surface area contributed by atoms with E-state index >= 15 is 0 Å². The zero-order chi connectivity index (χ0) is 28.2. The molecule has 0 aliphatic rings. The van der Waals surface area contributed by atoms with E-state index in [0.717, 1.165) is 12.8 Å². The second kappa shape index (κ2) is 28.0. The first-order valence-electron chi connectivity index (χ1n) is 15.0. The molecular formula is C28H58NO8P. The number of esters is 1. The van der Waals surface area contributed by atoms with Gasteiger partial charge in [0.05, 0.1) is 26.9 Å². The summed E-state index contributed by atoms with van der Waals surface area (Å²) in [6.07, 6.45) is 20.8. The fraction of sp³-hybridized carbons (Fsp3) is 0.964. The van der Waals surface area contributed by atoms with Gasteiger partial charge >= 0.3 is 13.8 Å². The van der Waals surface area contributed by atoms with Gasteiger partial charge in [0.1, 0.15) is 6.10 Å². The van der Waals surface area contributed by atoms with E-state index in [1.54, 1.807) is 0 Å². The van der Waals surface area contributed by atoms with Crippen molar-refractivity contribution in [3.05, 3.63) is 0 Å². The average molecular weight is 568 g/mol. The van der Waals surface area contributed by atoms with Gasteiger partial charge in [0, 0.05) is 26.2 Å². The Balaban J connectivity index is 3.86. The Kier molecular flexibility index (Phi) is 27.6. The molecule has 3 N–H and O–H groups in total. The van der Waals surface area contributed by atoms with E-state index in [1.165, 1.54) is 90.6 Å². The summed E-state index contributed by atoms with van der Waals surface area (Å²) in [5.41, 5.74) is 5.30. The summed E-state index contributed by atoms with van der Waals surface area (Å²) in [4.78, 5) is 20.9. The first kappa shape index (κ1) is 37.5. The standard InChI is InChI=1S/C28H58NO8P/c1-3-4-5-6-7-8-9-10-11-12-13-14-15-16-18-22-34-25-27(26-37-38(31,32)36-24-21-29)35-23-19-17-20-28(30)33-2/h27H,3-26,29H2,1-2H3,(H,31,32). The Bertz CT molecular complexity index is 567. The van der Waals surface area contributed by atoms with Crippen LogP contribution < -0.4 is 5.73 Å². The predicted molar refractivity (Wildman–Crippen MR) is 152 cm³/mol. The molecule has 0 radical (unpaired) electrons. The summed E-state index contributed by atoms with van der Waals surface area (Å²) in [7, 11) is -2.82. The highest BCUT2D eigenvalue weighted by molar-refractivity contribution is 7.47. The van der Waals surface area contributed by atoms with Crippen molar-refractivity contribution in [1.29, 1.82) is 0 Å². The summed E-state index contributed by atoms with van der Waals surface area (Å²) in [6.45, 7) is 3.44. The van der Waals surface area contributed by atoms with Gasteiger partial charge in [0.25, 0.3) is 0 Å². The zero-order valence-electron chi connectivity index (χ0n) is 24.4. The van der Waals surface area contributed by atoms with Gasteiger partial charge in [-0.25, -0.2) is 4.57 Å². The fourth-order valence-corrected chi connectivity index (χ4v) is 4.81. The van der Waals surface area contributed by atoms with Gasteiger partial charge in [0.15, 0.2) is 0 Å². The van der Waals surface area contributed by atoms with Crippen LogP contribution in [0.5, 0.6) is 0 Å². The van der Waals surface area contributed by atoms with Gasteiger partial charge in [0.2, 0.25) is 0 Å². The third-order valence-corrected chi connectivity index (χ3v) is 7.33. The molecule has 228 valence electrons. The summed E-state index contributed by atoms with van der Waals surface area (Å²) in [6, 6.07) is 0. The van der Waals surface area contributed by atoms with Crippen molar-refractivity contribution in [3.8, 4) is 0 Å². The van der Waals surface area contributed by atoms with Crippen molar-refractivity contribution in [2.24, 2.45) is 5.73 Å². The molecule has 2 atom stereocenters. The van der Waals surface area contributed by atoms with Crippen LogP contribution in [0.3, 0.4) is 0 Å². The van der Waals surface area contributed by atoms with Crippen molar-refractivity contribution in [1.82, 2.24) is 0 Å². The Morgan fingerprint density at radius 3 is 1.79 bits per heavy atom. The van der Waals surface area contributed by atoms with Gasteiger partial charge < -0.3 is 24.8 Å². The number of rotatable bonds is 30. The van der Waals surface area contributed by atoms with E-state index in [4.69, 9.17) is 24.3 Å². The zero-order valence-corrected chi connectivity index (χ0v) is 25.3. The molecule has 0 amide bonds. The molecule has 0 aromatic rings. The van der Waals surface area contributed by atoms with Gasteiger partial charge in [-0.1, -0.05) is 96.8 Å². The fourth-order valence-electron chi connectivity index (χ4n) is 4.04. The first-order valence-corrected chi connectivity index (χ1v) is 16.5. The van der Waals surface area contributed by atoms with Gasteiger partial charge in [-0.05, 0) is 19.3 Å². The molecule has 0 aliphatic carbocycles. The van der Waals surface area contributed by atoms with Crippen LogP contribution in [0.25, 0.3) is 0 Å². The number of hydrogen-bond acceptors (Lipinski definition) is 8. The van der Waals surface area contributed by atoms with Crippen LogP contribution in [0.2, 0.25) is 0 Å². The number of nitrogens with two attached hydrogens (primary N) is 1. The molecule has 0 heterocycles. The predicted octanol–water partition coefficient (Wildman–Crippen LogP) is 6.70. The number of carbonyl (C=O) groups is 1. The topological polar surface area (TPSA) is 127 Å². The minimum Gasteiger partial charge on any atom is -0.469 e. The number of methoxy groups -OCH3 is 1. The smallest absolute Gasteiger partial charge is 0.469 e. The molecule has 0 rings (SSSR count). The van der Waals surface area contributed by atoms with Gasteiger partial charge in [-0.3, -0.25) is 13.8 Å². The lowest BCUT2D eigenvalue weighted by molar-refractivity contribution is -0.140. The monoisotopic (exact) mass is 567 g/mol. The summed E-state index contributed by atoms with van der Waals surface area (Å²) < 4.78 is 37.9. The van der Waals surface area contributed by atoms with Crippen LogP contribution in [-0.4, -0.2) is 63.7 Å². The van der Waals surface area contributed by atoms with Gasteiger partial charge in [-0.15, -0.1) is 0 Å². The average Bonchev–Trinajstić information content (AvgIpc) is 2.91. The van der Waals surface area contributed by atoms with E-state index in [2.05, 4.69) is 11.7 Å². The SMILES string of the molecule is CCCCCCCCCCCCCCCCCOCC(COP(=O)(O)OCCN)OCCCCC(=O)OC. The normalized spacial score (nSPS) is 13.9. The number of ether oxygens (including phenoxy) is 3.